The highest BCUT2D eigenvalue weighted by molar-refractivity contribution is 5.95. The van der Waals surface area contributed by atoms with Crippen LogP contribution in [0, 0.1) is 0 Å². The summed E-state index contributed by atoms with van der Waals surface area (Å²) in [6.07, 6.45) is 10.7. The van der Waals surface area contributed by atoms with Gasteiger partial charge in [0, 0.05) is 51.2 Å². The number of carbonyl (C=O) groups excluding carboxylic acids is 2. The van der Waals surface area contributed by atoms with Gasteiger partial charge in [-0.3, -0.25) is 14.6 Å². The fourth-order valence-electron chi connectivity index (χ4n) is 5.37. The Morgan fingerprint density at radius 3 is 2.45 bits per heavy atom. The summed E-state index contributed by atoms with van der Waals surface area (Å²) in [6, 6.07) is 18.1. The van der Waals surface area contributed by atoms with Gasteiger partial charge in [-0.25, -0.2) is 0 Å². The van der Waals surface area contributed by atoms with Gasteiger partial charge in [0.15, 0.2) is 0 Å². The highest BCUT2D eigenvalue weighted by atomic mass is 16.5. The number of aryl methyl sites for hydroxylation is 1. The van der Waals surface area contributed by atoms with Crippen molar-refractivity contribution in [3.05, 3.63) is 78.1 Å². The molecule has 212 valence electrons. The van der Waals surface area contributed by atoms with E-state index in [1.807, 2.05) is 58.5 Å². The minimum atomic E-state index is -0.0652. The van der Waals surface area contributed by atoms with E-state index in [1.54, 1.807) is 20.4 Å². The normalized spacial score (nSPS) is 14.6. The Bertz CT molecular complexity index is 1250. The second-order valence-corrected chi connectivity index (χ2v) is 10.3. The lowest BCUT2D eigenvalue weighted by molar-refractivity contribution is -0.132. The first-order valence-electron chi connectivity index (χ1n) is 14.3. The van der Waals surface area contributed by atoms with Crippen molar-refractivity contribution in [1.29, 1.82) is 0 Å². The van der Waals surface area contributed by atoms with Gasteiger partial charge >= 0.3 is 0 Å². The Labute approximate surface area is 238 Å². The molecule has 2 heterocycles. The fraction of sp³-hybridized carbons (Fsp3) is 0.424. The van der Waals surface area contributed by atoms with Gasteiger partial charge in [0.05, 0.1) is 7.11 Å². The maximum absolute atomic E-state index is 13.6. The predicted octanol–water partition coefficient (Wildman–Crippen LogP) is 6.05. The van der Waals surface area contributed by atoms with Gasteiger partial charge in [0.1, 0.15) is 12.4 Å². The molecular formula is C33H41N3O4. The van der Waals surface area contributed by atoms with Crippen molar-refractivity contribution in [3.8, 4) is 16.9 Å². The molecule has 1 aliphatic rings. The van der Waals surface area contributed by atoms with Crippen molar-refractivity contribution < 1.29 is 19.1 Å². The van der Waals surface area contributed by atoms with E-state index in [-0.39, 0.29) is 18.4 Å². The molecule has 0 radical (unpaired) electrons. The minimum Gasteiger partial charge on any atom is -0.496 e. The molecule has 1 aliphatic heterocycles. The molecule has 0 saturated heterocycles. The summed E-state index contributed by atoms with van der Waals surface area (Å²) >= 11 is 0. The van der Waals surface area contributed by atoms with Crippen LogP contribution < -0.4 is 9.64 Å². The number of rotatable bonds is 8. The third-order valence-corrected chi connectivity index (χ3v) is 7.49. The molecule has 0 unspecified atom stereocenters. The first kappa shape index (κ1) is 29.3. The number of para-hydroxylation sites is 1. The van der Waals surface area contributed by atoms with E-state index >= 15 is 0 Å². The molecule has 7 nitrogen and oxygen atoms in total. The topological polar surface area (TPSA) is 72.0 Å². The Morgan fingerprint density at radius 2 is 1.68 bits per heavy atom. The molecule has 4 rings (SSSR count). The van der Waals surface area contributed by atoms with Crippen LogP contribution in [-0.2, 0) is 27.3 Å². The minimum absolute atomic E-state index is 0.0232. The quantitative estimate of drug-likeness (QED) is 0.346. The number of hydrogen-bond acceptors (Lipinski definition) is 5. The molecular weight excluding hydrogens is 502 g/mol. The molecule has 2 amide bonds. The molecule has 40 heavy (non-hydrogen) atoms. The van der Waals surface area contributed by atoms with Crippen LogP contribution in [0.1, 0.15) is 56.1 Å². The predicted molar refractivity (Wildman–Crippen MR) is 158 cm³/mol. The number of aromatic nitrogens is 1. The standard InChI is InChI=1S/C33H41N3O4/c1-39-25-33(38)36-21-9-5-3-4-8-20-35(32(37)16-10-13-26-12-6-7-15-31(26)40-2)24-29-22-27(17-18-30(29)36)28-14-11-19-34-23-28/h6-7,11-12,14-15,17-19,22-23H,3-5,8-10,13,16,20-21,24-25H2,1-2H3. The summed E-state index contributed by atoms with van der Waals surface area (Å²) < 4.78 is 10.7. The van der Waals surface area contributed by atoms with Crippen molar-refractivity contribution in [2.75, 3.05) is 38.8 Å². The van der Waals surface area contributed by atoms with Crippen LogP contribution in [0.3, 0.4) is 0 Å². The van der Waals surface area contributed by atoms with Crippen LogP contribution in [0.5, 0.6) is 5.75 Å². The molecule has 3 aromatic rings. The number of amides is 2. The van der Waals surface area contributed by atoms with Crippen LogP contribution in [0.2, 0.25) is 0 Å². The average molecular weight is 544 g/mol. The Balaban J connectivity index is 1.61. The van der Waals surface area contributed by atoms with E-state index in [2.05, 4.69) is 17.1 Å². The van der Waals surface area contributed by atoms with Gasteiger partial charge in [0.25, 0.3) is 5.91 Å². The summed E-state index contributed by atoms with van der Waals surface area (Å²) in [5, 5.41) is 0. The molecule has 0 saturated carbocycles. The number of pyridine rings is 1. The number of nitrogens with zero attached hydrogens (tertiary/aromatic N) is 3. The van der Waals surface area contributed by atoms with Crippen LogP contribution in [0.25, 0.3) is 11.1 Å². The number of carbonyl (C=O) groups is 2. The van der Waals surface area contributed by atoms with E-state index in [9.17, 15) is 9.59 Å². The molecule has 0 atom stereocenters. The maximum Gasteiger partial charge on any atom is 0.252 e. The summed E-state index contributed by atoms with van der Waals surface area (Å²) in [4.78, 5) is 34.9. The van der Waals surface area contributed by atoms with Crippen LogP contribution >= 0.6 is 0 Å². The van der Waals surface area contributed by atoms with E-state index in [0.29, 0.717) is 26.1 Å². The fourth-order valence-corrected chi connectivity index (χ4v) is 5.37. The van der Waals surface area contributed by atoms with Crippen LogP contribution in [0.4, 0.5) is 5.69 Å². The number of ether oxygens (including phenoxy) is 2. The van der Waals surface area contributed by atoms with Crippen molar-refractivity contribution in [2.45, 2.75) is 57.9 Å². The molecule has 0 bridgehead atoms. The lowest BCUT2D eigenvalue weighted by Gasteiger charge is -2.30. The molecule has 0 N–H and O–H groups in total. The zero-order valence-electron chi connectivity index (χ0n) is 23.8. The summed E-state index contributed by atoms with van der Waals surface area (Å²) in [7, 11) is 3.23. The molecule has 2 aromatic carbocycles. The van der Waals surface area contributed by atoms with Crippen molar-refractivity contribution >= 4 is 17.5 Å². The Morgan fingerprint density at radius 1 is 0.875 bits per heavy atom. The third-order valence-electron chi connectivity index (χ3n) is 7.49. The second kappa shape index (κ2) is 15.2. The van der Waals surface area contributed by atoms with E-state index < -0.39 is 0 Å². The van der Waals surface area contributed by atoms with E-state index in [1.165, 1.54) is 0 Å². The highest BCUT2D eigenvalue weighted by Gasteiger charge is 2.23. The average Bonchev–Trinajstić information content (AvgIpc) is 2.98. The smallest absolute Gasteiger partial charge is 0.252 e. The Hall–Kier alpha value is -3.71. The SMILES string of the molecule is COCC(=O)N1CCCCCCCN(C(=O)CCCc2ccccc2OC)Cc2cc(-c3cccnc3)ccc21. The molecule has 0 aliphatic carbocycles. The summed E-state index contributed by atoms with van der Waals surface area (Å²) in [5.41, 5.74) is 4.94. The van der Waals surface area contributed by atoms with Crippen molar-refractivity contribution in [2.24, 2.45) is 0 Å². The lowest BCUT2D eigenvalue weighted by Crippen LogP contribution is -2.37. The van der Waals surface area contributed by atoms with Gasteiger partial charge in [-0.2, -0.15) is 0 Å². The number of anilines is 1. The summed E-state index contributed by atoms with van der Waals surface area (Å²) in [5.74, 6) is 0.933. The van der Waals surface area contributed by atoms with Crippen LogP contribution in [-0.4, -0.2) is 55.6 Å². The number of methoxy groups -OCH3 is 2. The molecule has 0 spiro atoms. The monoisotopic (exact) mass is 543 g/mol. The highest BCUT2D eigenvalue weighted by Crippen LogP contribution is 2.30. The Kier molecular flexibility index (Phi) is 11.1. The summed E-state index contributed by atoms with van der Waals surface area (Å²) in [6.45, 7) is 1.81. The number of fused-ring (bicyclic) bond motifs is 1. The van der Waals surface area contributed by atoms with E-state index in [0.717, 1.165) is 78.6 Å². The molecule has 7 heteroatoms. The second-order valence-electron chi connectivity index (χ2n) is 10.3. The largest absolute Gasteiger partial charge is 0.496 e. The van der Waals surface area contributed by atoms with Gasteiger partial charge in [-0.1, -0.05) is 49.6 Å². The van der Waals surface area contributed by atoms with Crippen molar-refractivity contribution in [3.63, 3.8) is 0 Å². The maximum atomic E-state index is 13.6. The van der Waals surface area contributed by atoms with Gasteiger partial charge in [-0.15, -0.1) is 0 Å². The third kappa shape index (κ3) is 7.92. The van der Waals surface area contributed by atoms with E-state index in [4.69, 9.17) is 9.47 Å². The molecule has 1 aromatic heterocycles. The van der Waals surface area contributed by atoms with Gasteiger partial charge in [-0.05, 0) is 72.2 Å². The first-order chi connectivity index (χ1) is 19.6. The van der Waals surface area contributed by atoms with Gasteiger partial charge < -0.3 is 19.3 Å². The lowest BCUT2D eigenvalue weighted by atomic mass is 10.0. The zero-order chi connectivity index (χ0) is 28.2. The number of hydrogen-bond donors (Lipinski definition) is 0. The van der Waals surface area contributed by atoms with Gasteiger partial charge in [0.2, 0.25) is 5.91 Å². The molecule has 0 fully saturated rings. The van der Waals surface area contributed by atoms with Crippen LogP contribution in [0.15, 0.2) is 67.0 Å². The number of benzene rings is 2. The first-order valence-corrected chi connectivity index (χ1v) is 14.3. The zero-order valence-corrected chi connectivity index (χ0v) is 23.8. The van der Waals surface area contributed by atoms with Crippen molar-refractivity contribution in [1.82, 2.24) is 9.88 Å².